The van der Waals surface area contributed by atoms with Crippen LogP contribution in [0.25, 0.3) is 0 Å². The second-order valence-corrected chi connectivity index (χ2v) is 11.0. The average Bonchev–Trinajstić information content (AvgIpc) is 3.53. The Kier molecular flexibility index (Phi) is 6.49. The molecule has 0 bridgehead atoms. The number of sulfone groups is 1. The lowest BCUT2D eigenvalue weighted by Gasteiger charge is -2.18. The molecule has 4 rings (SSSR count). The number of amides is 1. The van der Waals surface area contributed by atoms with Crippen LogP contribution in [-0.2, 0) is 21.6 Å². The molecule has 0 atom stereocenters. The lowest BCUT2D eigenvalue weighted by Crippen LogP contribution is -2.21. The third-order valence-corrected chi connectivity index (χ3v) is 7.04. The number of anilines is 1. The molecule has 0 spiro atoms. The molecule has 2 heterocycles. The van der Waals surface area contributed by atoms with Crippen molar-refractivity contribution in [1.29, 1.82) is 0 Å². The van der Waals surface area contributed by atoms with E-state index >= 15 is 0 Å². The smallest absolute Gasteiger partial charge is 0.435 e. The second-order valence-electron chi connectivity index (χ2n) is 8.98. The molecule has 3 aromatic rings. The molecule has 13 heteroatoms. The lowest BCUT2D eigenvalue weighted by molar-refractivity contribution is -0.142. The highest BCUT2D eigenvalue weighted by molar-refractivity contribution is 7.90. The second kappa shape index (κ2) is 9.06. The molecule has 9 nitrogen and oxygen atoms in total. The Morgan fingerprint density at radius 2 is 1.81 bits per heavy atom. The molecule has 1 aliphatic rings. The molecular weight excluding hydrogens is 513 g/mol. The normalized spacial score (nSPS) is 14.8. The van der Waals surface area contributed by atoms with E-state index in [2.05, 4.69) is 20.5 Å². The minimum Gasteiger partial charge on any atom is -0.435 e. The number of ether oxygens (including phenoxy) is 1. The lowest BCUT2D eigenvalue weighted by atomic mass is 10.1. The first-order valence-corrected chi connectivity index (χ1v) is 12.9. The summed E-state index contributed by atoms with van der Waals surface area (Å²) in [6, 6.07) is 6.89. The monoisotopic (exact) mass is 536 g/mol. The minimum atomic E-state index is -4.89. The van der Waals surface area contributed by atoms with Crippen LogP contribution in [0.3, 0.4) is 0 Å². The molecular formula is C24H23F3N4O5S. The molecule has 37 heavy (non-hydrogen) atoms. The number of aryl methyl sites for hydroxylation is 2. The van der Waals surface area contributed by atoms with Crippen LogP contribution in [0.1, 0.15) is 51.4 Å². The number of alkyl halides is 3. The Labute approximate surface area is 210 Å². The first-order chi connectivity index (χ1) is 17.1. The standard InChI is InChI=1S/C24H23F3N4O5S/c1-12-10-17(23(33)8-9-23)28-14(3)19(12)36-22-18(13(2)20(30-31-22)24(25,26)27)21(32)29-15-6-5-7-16(11-15)37(4,34)35/h5-7,10-11,33H,8-9H2,1-4H3,(H,29,32). The van der Waals surface area contributed by atoms with Gasteiger partial charge in [0.2, 0.25) is 0 Å². The highest BCUT2D eigenvalue weighted by Crippen LogP contribution is 2.46. The molecule has 0 saturated heterocycles. The summed E-state index contributed by atoms with van der Waals surface area (Å²) in [6.45, 7) is 4.33. The van der Waals surface area contributed by atoms with E-state index in [1.165, 1.54) is 24.3 Å². The van der Waals surface area contributed by atoms with Crippen molar-refractivity contribution in [3.8, 4) is 11.6 Å². The molecule has 1 amide bonds. The van der Waals surface area contributed by atoms with E-state index < -0.39 is 50.2 Å². The van der Waals surface area contributed by atoms with Crippen molar-refractivity contribution in [1.82, 2.24) is 15.2 Å². The van der Waals surface area contributed by atoms with Crippen molar-refractivity contribution < 1.29 is 36.2 Å². The molecule has 1 aromatic carbocycles. The predicted molar refractivity (Wildman–Crippen MR) is 126 cm³/mol. The molecule has 0 unspecified atom stereocenters. The third-order valence-electron chi connectivity index (χ3n) is 5.93. The zero-order chi connectivity index (χ0) is 27.3. The largest absolute Gasteiger partial charge is 0.435 e. The van der Waals surface area contributed by atoms with Gasteiger partial charge in [0, 0.05) is 11.9 Å². The third kappa shape index (κ3) is 5.42. The van der Waals surface area contributed by atoms with Crippen molar-refractivity contribution in [3.05, 3.63) is 64.1 Å². The predicted octanol–water partition coefficient (Wildman–Crippen LogP) is 4.25. The number of nitrogens with one attached hydrogen (secondary N) is 1. The molecule has 1 saturated carbocycles. The number of benzene rings is 1. The Bertz CT molecular complexity index is 1500. The van der Waals surface area contributed by atoms with Crippen molar-refractivity contribution in [2.24, 2.45) is 0 Å². The van der Waals surface area contributed by atoms with Crippen LogP contribution in [0.4, 0.5) is 18.9 Å². The molecule has 1 aliphatic carbocycles. The van der Waals surface area contributed by atoms with Gasteiger partial charge in [0.15, 0.2) is 21.3 Å². The van der Waals surface area contributed by atoms with Gasteiger partial charge in [-0.15, -0.1) is 10.2 Å². The van der Waals surface area contributed by atoms with E-state index in [0.29, 0.717) is 29.8 Å². The summed E-state index contributed by atoms with van der Waals surface area (Å²) in [4.78, 5) is 17.5. The van der Waals surface area contributed by atoms with Crippen LogP contribution in [0, 0.1) is 20.8 Å². The Morgan fingerprint density at radius 3 is 2.38 bits per heavy atom. The van der Waals surface area contributed by atoms with Crippen molar-refractivity contribution in [2.75, 3.05) is 11.6 Å². The first kappa shape index (κ1) is 26.5. The number of pyridine rings is 1. The van der Waals surface area contributed by atoms with Gasteiger partial charge in [-0.2, -0.15) is 13.2 Å². The number of nitrogens with zero attached hydrogens (tertiary/aromatic N) is 3. The summed E-state index contributed by atoms with van der Waals surface area (Å²) in [7, 11) is -3.60. The zero-order valence-corrected chi connectivity index (χ0v) is 21.1. The molecule has 2 aromatic heterocycles. The highest BCUT2D eigenvalue weighted by Gasteiger charge is 2.44. The molecule has 2 N–H and O–H groups in total. The van der Waals surface area contributed by atoms with E-state index in [1.54, 1.807) is 19.9 Å². The number of aliphatic hydroxyl groups is 1. The van der Waals surface area contributed by atoms with E-state index in [1.807, 2.05) is 0 Å². The van der Waals surface area contributed by atoms with E-state index in [0.717, 1.165) is 13.2 Å². The van der Waals surface area contributed by atoms with Gasteiger partial charge in [-0.25, -0.2) is 8.42 Å². The number of halogens is 3. The summed E-state index contributed by atoms with van der Waals surface area (Å²) >= 11 is 0. The summed E-state index contributed by atoms with van der Waals surface area (Å²) in [6.07, 6.45) is -2.78. The fraction of sp³-hybridized carbons (Fsp3) is 0.333. The maximum Gasteiger partial charge on any atom is 0.435 e. The van der Waals surface area contributed by atoms with Crippen LogP contribution in [0.5, 0.6) is 11.6 Å². The van der Waals surface area contributed by atoms with Crippen molar-refractivity contribution in [3.63, 3.8) is 0 Å². The van der Waals surface area contributed by atoms with Crippen LogP contribution < -0.4 is 10.1 Å². The number of carbonyl (C=O) groups is 1. The van der Waals surface area contributed by atoms with Crippen LogP contribution in [0.2, 0.25) is 0 Å². The van der Waals surface area contributed by atoms with E-state index in [-0.39, 0.29) is 16.3 Å². The minimum absolute atomic E-state index is 0.0414. The average molecular weight is 537 g/mol. The topological polar surface area (TPSA) is 131 Å². The molecule has 196 valence electrons. The van der Waals surface area contributed by atoms with Crippen LogP contribution in [0.15, 0.2) is 35.2 Å². The van der Waals surface area contributed by atoms with Crippen LogP contribution >= 0.6 is 0 Å². The summed E-state index contributed by atoms with van der Waals surface area (Å²) in [5.74, 6) is -1.35. The van der Waals surface area contributed by atoms with Crippen LogP contribution in [-0.4, -0.2) is 40.9 Å². The number of rotatable bonds is 6. The zero-order valence-electron chi connectivity index (χ0n) is 20.3. The fourth-order valence-electron chi connectivity index (χ4n) is 3.79. The van der Waals surface area contributed by atoms with Gasteiger partial charge in [-0.05, 0) is 69.0 Å². The van der Waals surface area contributed by atoms with E-state index in [4.69, 9.17) is 4.74 Å². The van der Waals surface area contributed by atoms with Gasteiger partial charge in [0.05, 0.1) is 16.3 Å². The molecule has 1 fully saturated rings. The summed E-state index contributed by atoms with van der Waals surface area (Å²) in [5, 5.41) is 19.6. The van der Waals surface area contributed by atoms with Gasteiger partial charge < -0.3 is 15.2 Å². The van der Waals surface area contributed by atoms with Gasteiger partial charge >= 0.3 is 6.18 Å². The Hall–Kier alpha value is -3.58. The first-order valence-electron chi connectivity index (χ1n) is 11.0. The SMILES string of the molecule is Cc1cc(C2(O)CC2)nc(C)c1Oc1nnc(C(F)(F)F)c(C)c1C(=O)Nc1cccc(S(C)(=O)=O)c1. The number of hydrogen-bond acceptors (Lipinski definition) is 8. The summed E-state index contributed by atoms with van der Waals surface area (Å²) < 4.78 is 70.3. The molecule has 0 radical (unpaired) electrons. The van der Waals surface area contributed by atoms with E-state index in [9.17, 15) is 31.5 Å². The maximum absolute atomic E-state index is 13.6. The van der Waals surface area contributed by atoms with Gasteiger partial charge in [0.25, 0.3) is 11.8 Å². The maximum atomic E-state index is 13.6. The number of aromatic nitrogens is 3. The van der Waals surface area contributed by atoms with Crippen molar-refractivity contribution in [2.45, 2.75) is 50.3 Å². The van der Waals surface area contributed by atoms with Gasteiger partial charge in [-0.3, -0.25) is 9.78 Å². The quantitative estimate of drug-likeness (QED) is 0.478. The Morgan fingerprint density at radius 1 is 1.14 bits per heavy atom. The Balaban J connectivity index is 1.77. The highest BCUT2D eigenvalue weighted by atomic mass is 32.2. The number of carbonyl (C=O) groups excluding carboxylic acids is 1. The van der Waals surface area contributed by atoms with Gasteiger partial charge in [0.1, 0.15) is 11.2 Å². The molecule has 0 aliphatic heterocycles. The summed E-state index contributed by atoms with van der Waals surface area (Å²) in [5.41, 5.74) is -2.08. The van der Waals surface area contributed by atoms with Gasteiger partial charge in [-0.1, -0.05) is 6.07 Å². The fourth-order valence-corrected chi connectivity index (χ4v) is 4.46. The number of hydrogen-bond donors (Lipinski definition) is 2. The van der Waals surface area contributed by atoms with Crippen molar-refractivity contribution >= 4 is 21.4 Å².